The van der Waals surface area contributed by atoms with E-state index in [4.69, 9.17) is 9.47 Å². The summed E-state index contributed by atoms with van der Waals surface area (Å²) in [4.78, 5) is 48.8. The summed E-state index contributed by atoms with van der Waals surface area (Å²) < 4.78 is 10.7. The van der Waals surface area contributed by atoms with Crippen molar-refractivity contribution in [3.8, 4) is 5.75 Å². The van der Waals surface area contributed by atoms with Gasteiger partial charge < -0.3 is 19.7 Å². The van der Waals surface area contributed by atoms with Gasteiger partial charge in [0.2, 0.25) is 0 Å². The number of nitro groups is 1. The standard InChI is InChI=1S/C20H19N3O7/c1-12-7-8-13(9-15(12)23(27)28)20(26)29-11-18(24)22-10-17(19(25)21-2)30-16-6-4-3-5-14(16)22/h3-9,17H,10-11H2,1-2H3,(H,21,25). The third-order valence-electron chi connectivity index (χ3n) is 4.58. The zero-order valence-electron chi connectivity index (χ0n) is 16.3. The van der Waals surface area contributed by atoms with Crippen LogP contribution in [-0.2, 0) is 14.3 Å². The van der Waals surface area contributed by atoms with E-state index in [0.717, 1.165) is 6.07 Å². The minimum Gasteiger partial charge on any atom is -0.477 e. The number of fused-ring (bicyclic) bond motifs is 1. The average Bonchev–Trinajstić information content (AvgIpc) is 2.75. The van der Waals surface area contributed by atoms with Gasteiger partial charge in [0.15, 0.2) is 12.7 Å². The fraction of sp³-hybridized carbons (Fsp3) is 0.250. The van der Waals surface area contributed by atoms with Crippen molar-refractivity contribution in [1.29, 1.82) is 0 Å². The molecule has 0 saturated heterocycles. The maximum atomic E-state index is 12.7. The number of nitro benzene ring substituents is 1. The number of ether oxygens (including phenoxy) is 2. The van der Waals surface area contributed by atoms with Gasteiger partial charge in [-0.3, -0.25) is 19.7 Å². The molecule has 1 heterocycles. The first-order valence-electron chi connectivity index (χ1n) is 9.01. The van der Waals surface area contributed by atoms with E-state index in [1.54, 1.807) is 31.2 Å². The van der Waals surface area contributed by atoms with E-state index in [2.05, 4.69) is 5.32 Å². The second kappa shape index (κ2) is 8.60. The van der Waals surface area contributed by atoms with E-state index in [1.165, 1.54) is 24.1 Å². The number of carbonyl (C=O) groups excluding carboxylic acids is 3. The van der Waals surface area contributed by atoms with Crippen LogP contribution < -0.4 is 15.0 Å². The summed E-state index contributed by atoms with van der Waals surface area (Å²) in [5.74, 6) is -1.47. The number of rotatable bonds is 5. The highest BCUT2D eigenvalue weighted by Gasteiger charge is 2.33. The number of hydrogen-bond donors (Lipinski definition) is 1. The number of nitrogens with one attached hydrogen (secondary N) is 1. The van der Waals surface area contributed by atoms with E-state index in [1.807, 2.05) is 0 Å². The van der Waals surface area contributed by atoms with Gasteiger partial charge in [0.05, 0.1) is 22.7 Å². The highest BCUT2D eigenvalue weighted by atomic mass is 16.6. The van der Waals surface area contributed by atoms with E-state index in [9.17, 15) is 24.5 Å². The molecular weight excluding hydrogens is 394 g/mol. The molecule has 1 aliphatic rings. The molecule has 0 fully saturated rings. The molecule has 30 heavy (non-hydrogen) atoms. The third kappa shape index (κ3) is 4.22. The Kier molecular flexibility index (Phi) is 5.95. The Morgan fingerprint density at radius 3 is 2.70 bits per heavy atom. The van der Waals surface area contributed by atoms with Crippen molar-refractivity contribution in [3.05, 3.63) is 63.7 Å². The molecule has 2 amide bonds. The molecule has 1 N–H and O–H groups in total. The number of benzene rings is 2. The number of esters is 1. The second-order valence-corrected chi connectivity index (χ2v) is 6.53. The monoisotopic (exact) mass is 413 g/mol. The van der Waals surface area contributed by atoms with Gasteiger partial charge in [-0.05, 0) is 25.1 Å². The van der Waals surface area contributed by atoms with Crippen LogP contribution in [0, 0.1) is 17.0 Å². The normalized spacial score (nSPS) is 14.9. The number of carbonyl (C=O) groups is 3. The molecule has 10 heteroatoms. The van der Waals surface area contributed by atoms with Crippen molar-refractivity contribution in [2.45, 2.75) is 13.0 Å². The first kappa shape index (κ1) is 20.8. The fourth-order valence-corrected chi connectivity index (χ4v) is 2.99. The van der Waals surface area contributed by atoms with Crippen molar-refractivity contribution in [1.82, 2.24) is 5.32 Å². The number of likely N-dealkylation sites (N-methyl/N-ethyl adjacent to an activating group) is 1. The Hall–Kier alpha value is -3.95. The molecule has 156 valence electrons. The highest BCUT2D eigenvalue weighted by molar-refractivity contribution is 5.99. The predicted molar refractivity (Wildman–Crippen MR) is 105 cm³/mol. The van der Waals surface area contributed by atoms with E-state index in [0.29, 0.717) is 17.0 Å². The van der Waals surface area contributed by atoms with Crippen LogP contribution in [0.4, 0.5) is 11.4 Å². The summed E-state index contributed by atoms with van der Waals surface area (Å²) in [7, 11) is 1.46. The number of hydrogen-bond acceptors (Lipinski definition) is 7. The Morgan fingerprint density at radius 2 is 2.00 bits per heavy atom. The highest BCUT2D eigenvalue weighted by Crippen LogP contribution is 2.33. The summed E-state index contributed by atoms with van der Waals surface area (Å²) in [6, 6.07) is 10.6. The predicted octanol–water partition coefficient (Wildman–Crippen LogP) is 1.60. The lowest BCUT2D eigenvalue weighted by Gasteiger charge is -2.33. The molecule has 1 aliphatic heterocycles. The summed E-state index contributed by atoms with van der Waals surface area (Å²) in [5, 5.41) is 13.5. The van der Waals surface area contributed by atoms with Crippen LogP contribution >= 0.6 is 0 Å². The van der Waals surface area contributed by atoms with E-state index < -0.39 is 35.4 Å². The van der Waals surface area contributed by atoms with Crippen LogP contribution in [-0.4, -0.2) is 49.0 Å². The summed E-state index contributed by atoms with van der Waals surface area (Å²) in [6.45, 7) is 0.897. The van der Waals surface area contributed by atoms with Crippen LogP contribution in [0.3, 0.4) is 0 Å². The Bertz CT molecular complexity index is 1020. The molecule has 0 saturated carbocycles. The summed E-state index contributed by atoms with van der Waals surface area (Å²) >= 11 is 0. The van der Waals surface area contributed by atoms with Gasteiger partial charge in [-0.2, -0.15) is 0 Å². The Labute approximate surface area is 171 Å². The molecule has 0 spiro atoms. The van der Waals surface area contributed by atoms with Crippen molar-refractivity contribution in [3.63, 3.8) is 0 Å². The third-order valence-corrected chi connectivity index (χ3v) is 4.58. The van der Waals surface area contributed by atoms with Gasteiger partial charge in [0, 0.05) is 18.7 Å². The second-order valence-electron chi connectivity index (χ2n) is 6.53. The summed E-state index contributed by atoms with van der Waals surface area (Å²) in [6.07, 6.45) is -0.913. The molecule has 0 radical (unpaired) electrons. The van der Waals surface area contributed by atoms with Crippen LogP contribution in [0.5, 0.6) is 5.75 Å². The van der Waals surface area contributed by atoms with Gasteiger partial charge in [-0.15, -0.1) is 0 Å². The Balaban J connectivity index is 1.74. The smallest absolute Gasteiger partial charge is 0.338 e. The zero-order valence-corrected chi connectivity index (χ0v) is 16.3. The number of nitrogens with zero attached hydrogens (tertiary/aromatic N) is 2. The van der Waals surface area contributed by atoms with Crippen LogP contribution in [0.2, 0.25) is 0 Å². The van der Waals surface area contributed by atoms with Gasteiger partial charge in [-0.1, -0.05) is 18.2 Å². The number of anilines is 1. The van der Waals surface area contributed by atoms with Gasteiger partial charge in [-0.25, -0.2) is 4.79 Å². The maximum absolute atomic E-state index is 12.7. The molecule has 0 aromatic heterocycles. The first-order valence-corrected chi connectivity index (χ1v) is 9.01. The molecule has 0 bridgehead atoms. The quantitative estimate of drug-likeness (QED) is 0.448. The lowest BCUT2D eigenvalue weighted by Crippen LogP contribution is -2.51. The van der Waals surface area contributed by atoms with Gasteiger partial charge in [0.1, 0.15) is 5.75 Å². The number of aryl methyl sites for hydroxylation is 1. The SMILES string of the molecule is CNC(=O)C1CN(C(=O)COC(=O)c2ccc(C)c([N+](=O)[O-])c2)c2ccccc2O1. The zero-order chi connectivity index (χ0) is 21.8. The molecule has 10 nitrogen and oxygen atoms in total. The van der Waals surface area contributed by atoms with Crippen LogP contribution in [0.25, 0.3) is 0 Å². The minimum absolute atomic E-state index is 0.0364. The molecule has 0 aliphatic carbocycles. The molecule has 2 aromatic rings. The lowest BCUT2D eigenvalue weighted by molar-refractivity contribution is -0.385. The molecule has 1 unspecified atom stereocenters. The fourth-order valence-electron chi connectivity index (χ4n) is 2.99. The van der Waals surface area contributed by atoms with E-state index >= 15 is 0 Å². The molecule has 3 rings (SSSR count). The van der Waals surface area contributed by atoms with E-state index in [-0.39, 0.29) is 17.8 Å². The average molecular weight is 413 g/mol. The minimum atomic E-state index is -0.913. The number of amides is 2. The number of para-hydroxylation sites is 2. The lowest BCUT2D eigenvalue weighted by atomic mass is 10.1. The van der Waals surface area contributed by atoms with Crippen LogP contribution in [0.15, 0.2) is 42.5 Å². The van der Waals surface area contributed by atoms with Crippen molar-refractivity contribution in [2.75, 3.05) is 25.1 Å². The van der Waals surface area contributed by atoms with Crippen LogP contribution in [0.1, 0.15) is 15.9 Å². The van der Waals surface area contributed by atoms with Gasteiger partial charge in [0.25, 0.3) is 17.5 Å². The molecule has 2 aromatic carbocycles. The van der Waals surface area contributed by atoms with Crippen molar-refractivity contribution >= 4 is 29.2 Å². The Morgan fingerprint density at radius 1 is 1.27 bits per heavy atom. The van der Waals surface area contributed by atoms with Crippen molar-refractivity contribution < 1.29 is 28.8 Å². The van der Waals surface area contributed by atoms with Gasteiger partial charge >= 0.3 is 5.97 Å². The first-order chi connectivity index (χ1) is 14.3. The molecule has 1 atom stereocenters. The molecular formula is C20H19N3O7. The largest absolute Gasteiger partial charge is 0.477 e. The van der Waals surface area contributed by atoms with Crippen molar-refractivity contribution in [2.24, 2.45) is 0 Å². The topological polar surface area (TPSA) is 128 Å². The summed E-state index contributed by atoms with van der Waals surface area (Å²) in [5.41, 5.74) is 0.597. The maximum Gasteiger partial charge on any atom is 0.338 e.